The van der Waals surface area contributed by atoms with E-state index >= 15 is 0 Å². The lowest BCUT2D eigenvalue weighted by molar-refractivity contribution is -0.116. The molecular weight excluding hydrogens is 316 g/mol. The smallest absolute Gasteiger partial charge is 0.244 e. The number of nitrogens with one attached hydrogen (secondary N) is 1. The molecule has 0 aliphatic carbocycles. The molecule has 0 spiro atoms. The van der Waals surface area contributed by atoms with E-state index in [0.29, 0.717) is 16.8 Å². The predicted molar refractivity (Wildman–Crippen MR) is 97.1 cm³/mol. The standard InChI is InChI=1S/C20H18N2O3/c1-13-18(12-23)17-5-3-4-6-19(17)22(13)11-20(25)21-16-9-7-15(8-10-16)14(2)24/h3-10,12H,11H2,1-2H3,(H,21,25). The van der Waals surface area contributed by atoms with Crippen molar-refractivity contribution >= 4 is 34.6 Å². The SMILES string of the molecule is CC(=O)c1ccc(NC(=O)Cn2c(C)c(C=O)c3ccccc32)cc1. The van der Waals surface area contributed by atoms with E-state index in [1.54, 1.807) is 24.3 Å². The number of carbonyl (C=O) groups is 3. The molecule has 0 radical (unpaired) electrons. The Labute approximate surface area is 145 Å². The Hall–Kier alpha value is -3.21. The third-order valence-corrected chi connectivity index (χ3v) is 4.27. The Bertz CT molecular complexity index is 969. The summed E-state index contributed by atoms with van der Waals surface area (Å²) in [6, 6.07) is 14.3. The van der Waals surface area contributed by atoms with Gasteiger partial charge in [-0.05, 0) is 44.2 Å². The number of carbonyl (C=O) groups excluding carboxylic acids is 3. The molecule has 0 saturated heterocycles. The maximum absolute atomic E-state index is 12.4. The van der Waals surface area contributed by atoms with E-state index in [-0.39, 0.29) is 18.2 Å². The molecule has 1 heterocycles. The molecule has 1 aromatic heterocycles. The van der Waals surface area contributed by atoms with Gasteiger partial charge >= 0.3 is 0 Å². The summed E-state index contributed by atoms with van der Waals surface area (Å²) in [5.74, 6) is -0.217. The van der Waals surface area contributed by atoms with Crippen molar-refractivity contribution in [2.24, 2.45) is 0 Å². The summed E-state index contributed by atoms with van der Waals surface area (Å²) < 4.78 is 1.83. The molecule has 0 saturated carbocycles. The molecule has 2 aromatic carbocycles. The summed E-state index contributed by atoms with van der Waals surface area (Å²) in [6.07, 6.45) is 0.826. The van der Waals surface area contributed by atoms with E-state index < -0.39 is 0 Å². The summed E-state index contributed by atoms with van der Waals surface area (Å²) in [5, 5.41) is 3.66. The zero-order valence-electron chi connectivity index (χ0n) is 14.1. The Morgan fingerprint density at radius 2 is 1.76 bits per heavy atom. The number of para-hydroxylation sites is 1. The van der Waals surface area contributed by atoms with Crippen LogP contribution in [0.5, 0.6) is 0 Å². The van der Waals surface area contributed by atoms with Crippen LogP contribution in [0.15, 0.2) is 48.5 Å². The van der Waals surface area contributed by atoms with Crippen molar-refractivity contribution in [3.8, 4) is 0 Å². The average molecular weight is 334 g/mol. The minimum atomic E-state index is -0.197. The zero-order valence-corrected chi connectivity index (χ0v) is 14.1. The lowest BCUT2D eigenvalue weighted by Gasteiger charge is -2.10. The van der Waals surface area contributed by atoms with E-state index in [1.807, 2.05) is 35.8 Å². The number of benzene rings is 2. The van der Waals surface area contributed by atoms with Gasteiger partial charge < -0.3 is 9.88 Å². The van der Waals surface area contributed by atoms with Crippen LogP contribution in [0.1, 0.15) is 33.3 Å². The third kappa shape index (κ3) is 3.21. The Morgan fingerprint density at radius 1 is 1.08 bits per heavy atom. The molecule has 3 aromatic rings. The van der Waals surface area contributed by atoms with Gasteiger partial charge in [0.1, 0.15) is 6.54 Å². The number of aldehydes is 1. The third-order valence-electron chi connectivity index (χ3n) is 4.27. The van der Waals surface area contributed by atoms with Crippen LogP contribution >= 0.6 is 0 Å². The number of nitrogens with zero attached hydrogens (tertiary/aromatic N) is 1. The summed E-state index contributed by atoms with van der Waals surface area (Å²) in [4.78, 5) is 35.1. The van der Waals surface area contributed by atoms with E-state index in [4.69, 9.17) is 0 Å². The van der Waals surface area contributed by atoms with E-state index in [0.717, 1.165) is 22.9 Å². The zero-order chi connectivity index (χ0) is 18.0. The highest BCUT2D eigenvalue weighted by Gasteiger charge is 2.15. The first-order valence-corrected chi connectivity index (χ1v) is 7.95. The van der Waals surface area contributed by atoms with Gasteiger partial charge in [-0.25, -0.2) is 0 Å². The minimum absolute atomic E-state index is 0.0197. The van der Waals surface area contributed by atoms with Crippen molar-refractivity contribution in [1.82, 2.24) is 4.57 Å². The Kier molecular flexibility index (Phi) is 4.48. The molecule has 0 aliphatic heterocycles. The molecule has 0 unspecified atom stereocenters. The highest BCUT2D eigenvalue weighted by molar-refractivity contribution is 6.01. The van der Waals surface area contributed by atoms with Crippen molar-refractivity contribution in [2.45, 2.75) is 20.4 Å². The van der Waals surface area contributed by atoms with Crippen LogP contribution in [0.2, 0.25) is 0 Å². The van der Waals surface area contributed by atoms with Gasteiger partial charge in [0.25, 0.3) is 0 Å². The van der Waals surface area contributed by atoms with E-state index in [1.165, 1.54) is 6.92 Å². The number of amides is 1. The fourth-order valence-electron chi connectivity index (χ4n) is 2.94. The van der Waals surface area contributed by atoms with Crippen LogP contribution in [-0.4, -0.2) is 22.5 Å². The second-order valence-corrected chi connectivity index (χ2v) is 5.90. The van der Waals surface area contributed by atoms with Gasteiger partial charge in [-0.3, -0.25) is 14.4 Å². The van der Waals surface area contributed by atoms with Crippen molar-refractivity contribution < 1.29 is 14.4 Å². The lowest BCUT2D eigenvalue weighted by Crippen LogP contribution is -2.19. The number of fused-ring (bicyclic) bond motifs is 1. The van der Waals surface area contributed by atoms with Crippen LogP contribution in [0.25, 0.3) is 10.9 Å². The first-order chi connectivity index (χ1) is 12.0. The highest BCUT2D eigenvalue weighted by Crippen LogP contribution is 2.24. The first kappa shape index (κ1) is 16.6. The molecule has 1 N–H and O–H groups in total. The van der Waals surface area contributed by atoms with Gasteiger partial charge in [-0.15, -0.1) is 0 Å². The van der Waals surface area contributed by atoms with Crippen molar-refractivity contribution in [1.29, 1.82) is 0 Å². The number of anilines is 1. The Morgan fingerprint density at radius 3 is 2.40 bits per heavy atom. The van der Waals surface area contributed by atoms with Gasteiger partial charge in [0, 0.05) is 33.4 Å². The molecule has 3 rings (SSSR count). The molecule has 0 bridgehead atoms. The van der Waals surface area contributed by atoms with Crippen molar-refractivity contribution in [3.05, 3.63) is 65.4 Å². The van der Waals surface area contributed by atoms with Crippen molar-refractivity contribution in [2.75, 3.05) is 5.32 Å². The number of rotatable bonds is 5. The summed E-state index contributed by atoms with van der Waals surface area (Å²) in [7, 11) is 0. The normalized spacial score (nSPS) is 10.6. The quantitative estimate of drug-likeness (QED) is 0.572. The van der Waals surface area contributed by atoms with E-state index in [9.17, 15) is 14.4 Å². The van der Waals surface area contributed by atoms with E-state index in [2.05, 4.69) is 5.32 Å². The lowest BCUT2D eigenvalue weighted by atomic mass is 10.1. The summed E-state index contributed by atoms with van der Waals surface area (Å²) in [5.41, 5.74) is 3.44. The molecule has 5 nitrogen and oxygen atoms in total. The maximum Gasteiger partial charge on any atom is 0.244 e. The highest BCUT2D eigenvalue weighted by atomic mass is 16.2. The fourth-order valence-corrected chi connectivity index (χ4v) is 2.94. The van der Waals surface area contributed by atoms with Gasteiger partial charge in [0.05, 0.1) is 0 Å². The number of hydrogen-bond donors (Lipinski definition) is 1. The molecular formula is C20H18N2O3. The number of aromatic nitrogens is 1. The molecule has 0 aliphatic rings. The molecule has 5 heteroatoms. The predicted octanol–water partition coefficient (Wildman–Crippen LogP) is 3.60. The van der Waals surface area contributed by atoms with Gasteiger partial charge in [-0.1, -0.05) is 18.2 Å². The monoisotopic (exact) mass is 334 g/mol. The number of hydrogen-bond acceptors (Lipinski definition) is 3. The number of ketones is 1. The van der Waals surface area contributed by atoms with Gasteiger partial charge in [-0.2, -0.15) is 0 Å². The van der Waals surface area contributed by atoms with Crippen LogP contribution in [0, 0.1) is 6.92 Å². The molecule has 126 valence electrons. The second-order valence-electron chi connectivity index (χ2n) is 5.90. The average Bonchev–Trinajstić information content (AvgIpc) is 2.87. The largest absolute Gasteiger partial charge is 0.335 e. The Balaban J connectivity index is 1.84. The molecule has 0 fully saturated rings. The van der Waals surface area contributed by atoms with Crippen LogP contribution in [-0.2, 0) is 11.3 Å². The van der Waals surface area contributed by atoms with Gasteiger partial charge in [0.15, 0.2) is 12.1 Å². The topological polar surface area (TPSA) is 68.2 Å². The van der Waals surface area contributed by atoms with Crippen LogP contribution < -0.4 is 5.32 Å². The van der Waals surface area contributed by atoms with Crippen LogP contribution in [0.4, 0.5) is 5.69 Å². The maximum atomic E-state index is 12.4. The van der Waals surface area contributed by atoms with Gasteiger partial charge in [0.2, 0.25) is 5.91 Å². The number of Topliss-reactive ketones (excluding diaryl/α,β-unsaturated/α-hetero) is 1. The molecule has 0 atom stereocenters. The van der Waals surface area contributed by atoms with Crippen molar-refractivity contribution in [3.63, 3.8) is 0 Å². The second kappa shape index (κ2) is 6.73. The van der Waals surface area contributed by atoms with Crippen LogP contribution in [0.3, 0.4) is 0 Å². The summed E-state index contributed by atoms with van der Waals surface area (Å²) in [6.45, 7) is 3.44. The molecule has 25 heavy (non-hydrogen) atoms. The minimum Gasteiger partial charge on any atom is -0.335 e. The summed E-state index contributed by atoms with van der Waals surface area (Å²) >= 11 is 0. The first-order valence-electron chi connectivity index (χ1n) is 7.95. The fraction of sp³-hybridized carbons (Fsp3) is 0.150. The molecule has 1 amide bonds.